The van der Waals surface area contributed by atoms with Crippen molar-refractivity contribution in [2.75, 3.05) is 4.90 Å². The van der Waals surface area contributed by atoms with Crippen LogP contribution in [-0.4, -0.2) is 0 Å². The Bertz CT molecular complexity index is 3450. The van der Waals surface area contributed by atoms with E-state index in [4.69, 9.17) is 4.42 Å². The zero-order valence-electron chi connectivity index (χ0n) is 34.6. The molecule has 12 rings (SSSR count). The van der Waals surface area contributed by atoms with Crippen LogP contribution < -0.4 is 4.90 Å². The Hall–Kier alpha value is -8.20. The third-order valence-electron chi connectivity index (χ3n) is 12.7. The third-order valence-corrected chi connectivity index (χ3v) is 12.7. The number of benzene rings is 10. The average molecular weight is 804 g/mol. The van der Waals surface area contributed by atoms with E-state index in [0.29, 0.717) is 0 Å². The SMILES string of the molecule is c1ccc(-c2ccc(N(c3ccc(-c4cccc(-c5ccc6c(c5)-c5ccccc5C6)c4)cc3)c3ccc(-c4cccc(-c5ccc6oc7ccccc7c6c5)c4)cc3)cc2)cc1. The first-order valence-corrected chi connectivity index (χ1v) is 21.7. The van der Waals surface area contributed by atoms with Crippen molar-refractivity contribution in [3.8, 4) is 66.8 Å². The summed E-state index contributed by atoms with van der Waals surface area (Å²) in [5, 5.41) is 2.28. The van der Waals surface area contributed by atoms with Crippen molar-refractivity contribution in [2.45, 2.75) is 6.42 Å². The molecule has 0 saturated heterocycles. The van der Waals surface area contributed by atoms with Gasteiger partial charge in [0.15, 0.2) is 0 Å². The van der Waals surface area contributed by atoms with Crippen LogP contribution in [0.1, 0.15) is 11.1 Å². The maximum atomic E-state index is 6.12. The molecule has 0 N–H and O–H groups in total. The number of para-hydroxylation sites is 1. The van der Waals surface area contributed by atoms with E-state index in [1.54, 1.807) is 0 Å². The molecule has 0 unspecified atom stereocenters. The largest absolute Gasteiger partial charge is 0.456 e. The predicted molar refractivity (Wildman–Crippen MR) is 264 cm³/mol. The summed E-state index contributed by atoms with van der Waals surface area (Å²) >= 11 is 0. The van der Waals surface area contributed by atoms with Crippen molar-refractivity contribution in [3.05, 3.63) is 248 Å². The molecule has 0 fully saturated rings. The van der Waals surface area contributed by atoms with Crippen molar-refractivity contribution in [3.63, 3.8) is 0 Å². The minimum atomic E-state index is 0.910. The normalized spacial score (nSPS) is 11.7. The van der Waals surface area contributed by atoms with E-state index in [0.717, 1.165) is 51.0 Å². The van der Waals surface area contributed by atoms with E-state index in [9.17, 15) is 0 Å². The first kappa shape index (κ1) is 36.6. The predicted octanol–water partition coefficient (Wildman–Crippen LogP) is 17.0. The van der Waals surface area contributed by atoms with Gasteiger partial charge in [-0.15, -0.1) is 0 Å². The van der Waals surface area contributed by atoms with Crippen LogP contribution in [-0.2, 0) is 6.42 Å². The van der Waals surface area contributed by atoms with Crippen molar-refractivity contribution >= 4 is 39.0 Å². The van der Waals surface area contributed by atoms with Gasteiger partial charge in [0.2, 0.25) is 0 Å². The number of fused-ring (bicyclic) bond motifs is 6. The monoisotopic (exact) mass is 803 g/mol. The van der Waals surface area contributed by atoms with Crippen LogP contribution in [0.15, 0.2) is 241 Å². The maximum absolute atomic E-state index is 6.12. The van der Waals surface area contributed by atoms with Crippen molar-refractivity contribution in [2.24, 2.45) is 0 Å². The Balaban J connectivity index is 0.864. The van der Waals surface area contributed by atoms with E-state index in [2.05, 4.69) is 229 Å². The number of hydrogen-bond donors (Lipinski definition) is 0. The fourth-order valence-electron chi connectivity index (χ4n) is 9.45. The molecule has 2 heteroatoms. The van der Waals surface area contributed by atoms with Gasteiger partial charge in [-0.2, -0.15) is 0 Å². The molecule has 0 atom stereocenters. The molecule has 1 heterocycles. The molecule has 296 valence electrons. The molecule has 63 heavy (non-hydrogen) atoms. The smallest absolute Gasteiger partial charge is 0.135 e. The minimum absolute atomic E-state index is 0.910. The molecule has 0 amide bonds. The molecule has 2 nitrogen and oxygen atoms in total. The lowest BCUT2D eigenvalue weighted by Crippen LogP contribution is -2.09. The number of furan rings is 1. The van der Waals surface area contributed by atoms with Gasteiger partial charge in [0.1, 0.15) is 11.2 Å². The zero-order chi connectivity index (χ0) is 41.7. The highest BCUT2D eigenvalue weighted by Gasteiger charge is 2.19. The lowest BCUT2D eigenvalue weighted by molar-refractivity contribution is 0.669. The summed E-state index contributed by atoms with van der Waals surface area (Å²) in [4.78, 5) is 2.35. The van der Waals surface area contributed by atoms with Gasteiger partial charge in [-0.3, -0.25) is 0 Å². The quantitative estimate of drug-likeness (QED) is 0.152. The standard InChI is InChI=1S/C61H41NO/c1-2-10-41(11-3-1)42-22-29-53(30-23-42)62(54-31-24-43(25-32-54)45-13-8-15-47(36-45)49-20-21-52-38-51-12-4-5-17-56(51)58(52)39-49)55-33-26-44(27-34-55)46-14-9-16-48(37-46)50-28-35-61-59(40-50)57-18-6-7-19-60(57)63-61/h1-37,39-40H,38H2. The Kier molecular flexibility index (Phi) is 8.93. The lowest BCUT2D eigenvalue weighted by atomic mass is 9.95. The molecule has 1 aliphatic carbocycles. The highest BCUT2D eigenvalue weighted by atomic mass is 16.3. The molecule has 1 aromatic heterocycles. The Morgan fingerprint density at radius 1 is 0.270 bits per heavy atom. The molecular weight excluding hydrogens is 763 g/mol. The van der Waals surface area contributed by atoms with Crippen molar-refractivity contribution in [1.82, 2.24) is 0 Å². The first-order chi connectivity index (χ1) is 31.2. The van der Waals surface area contributed by atoms with Crippen LogP contribution in [0.3, 0.4) is 0 Å². The summed E-state index contributed by atoms with van der Waals surface area (Å²) in [5.41, 5.74) is 22.6. The highest BCUT2D eigenvalue weighted by Crippen LogP contribution is 2.41. The van der Waals surface area contributed by atoms with Gasteiger partial charge in [-0.25, -0.2) is 0 Å². The summed E-state index contributed by atoms with van der Waals surface area (Å²) in [6, 6.07) is 85.7. The second-order valence-electron chi connectivity index (χ2n) is 16.5. The highest BCUT2D eigenvalue weighted by molar-refractivity contribution is 6.06. The van der Waals surface area contributed by atoms with Crippen molar-refractivity contribution in [1.29, 1.82) is 0 Å². The summed E-state index contributed by atoms with van der Waals surface area (Å²) in [6.07, 6.45) is 1.01. The van der Waals surface area contributed by atoms with Gasteiger partial charge < -0.3 is 9.32 Å². The van der Waals surface area contributed by atoms with Gasteiger partial charge in [0.25, 0.3) is 0 Å². The Morgan fingerprint density at radius 3 is 1.35 bits per heavy atom. The first-order valence-electron chi connectivity index (χ1n) is 21.7. The summed E-state index contributed by atoms with van der Waals surface area (Å²) in [5.74, 6) is 0. The van der Waals surface area contributed by atoms with Gasteiger partial charge >= 0.3 is 0 Å². The number of rotatable bonds is 8. The summed E-state index contributed by atoms with van der Waals surface area (Å²) < 4.78 is 6.12. The van der Waals surface area contributed by atoms with E-state index in [1.165, 1.54) is 72.3 Å². The minimum Gasteiger partial charge on any atom is -0.456 e. The van der Waals surface area contributed by atoms with Gasteiger partial charge in [0, 0.05) is 27.8 Å². The fourth-order valence-corrected chi connectivity index (χ4v) is 9.45. The lowest BCUT2D eigenvalue weighted by Gasteiger charge is -2.26. The zero-order valence-corrected chi connectivity index (χ0v) is 34.6. The molecular formula is C61H41NO. The van der Waals surface area contributed by atoms with E-state index in [1.807, 2.05) is 12.1 Å². The summed E-state index contributed by atoms with van der Waals surface area (Å²) in [6.45, 7) is 0. The number of hydrogen-bond acceptors (Lipinski definition) is 2. The molecule has 11 aromatic rings. The van der Waals surface area contributed by atoms with Crippen LogP contribution in [0.4, 0.5) is 17.1 Å². The second-order valence-corrected chi connectivity index (χ2v) is 16.5. The van der Waals surface area contributed by atoms with E-state index >= 15 is 0 Å². The van der Waals surface area contributed by atoms with Crippen molar-refractivity contribution < 1.29 is 4.42 Å². The van der Waals surface area contributed by atoms with Crippen LogP contribution >= 0.6 is 0 Å². The van der Waals surface area contributed by atoms with Gasteiger partial charge in [-0.05, 0) is 157 Å². The van der Waals surface area contributed by atoms with Crippen LogP contribution in [0.5, 0.6) is 0 Å². The molecule has 0 spiro atoms. The summed E-state index contributed by atoms with van der Waals surface area (Å²) in [7, 11) is 0. The van der Waals surface area contributed by atoms with E-state index in [-0.39, 0.29) is 0 Å². The maximum Gasteiger partial charge on any atom is 0.135 e. The number of nitrogens with zero attached hydrogens (tertiary/aromatic N) is 1. The number of anilines is 3. The molecule has 0 saturated carbocycles. The van der Waals surface area contributed by atoms with Crippen LogP contribution in [0, 0.1) is 0 Å². The topological polar surface area (TPSA) is 16.4 Å². The van der Waals surface area contributed by atoms with Crippen LogP contribution in [0.2, 0.25) is 0 Å². The molecule has 10 aromatic carbocycles. The van der Waals surface area contributed by atoms with Crippen LogP contribution in [0.25, 0.3) is 88.7 Å². The second kappa shape index (κ2) is 15.4. The van der Waals surface area contributed by atoms with Gasteiger partial charge in [0.05, 0.1) is 0 Å². The average Bonchev–Trinajstić information content (AvgIpc) is 3.93. The third kappa shape index (κ3) is 6.79. The molecule has 1 aliphatic rings. The van der Waals surface area contributed by atoms with E-state index < -0.39 is 0 Å². The Labute approximate surface area is 367 Å². The molecule has 0 radical (unpaired) electrons. The molecule has 0 bridgehead atoms. The van der Waals surface area contributed by atoms with Gasteiger partial charge in [-0.1, -0.05) is 164 Å². The fraction of sp³-hybridized carbons (Fsp3) is 0.0164. The molecule has 0 aliphatic heterocycles. The Morgan fingerprint density at radius 2 is 0.698 bits per heavy atom.